The van der Waals surface area contributed by atoms with E-state index in [1.54, 1.807) is 24.0 Å². The van der Waals surface area contributed by atoms with Crippen molar-refractivity contribution < 1.29 is 27.1 Å². The number of benzene rings is 4. The minimum Gasteiger partial charge on any atom is -0.465 e. The normalized spacial score (nSPS) is 13.2. The molecular formula is C32H28FN3O5S. The second kappa shape index (κ2) is 9.99. The molecule has 5 aromatic rings. The number of aromatic nitrogens is 1. The van der Waals surface area contributed by atoms with Crippen molar-refractivity contribution in [1.82, 2.24) is 8.87 Å². The van der Waals surface area contributed by atoms with Gasteiger partial charge in [0.2, 0.25) is 0 Å². The highest BCUT2D eigenvalue weighted by atomic mass is 32.2. The third-order valence-electron chi connectivity index (χ3n) is 7.65. The van der Waals surface area contributed by atoms with Crippen LogP contribution in [0.2, 0.25) is 0 Å². The van der Waals surface area contributed by atoms with Gasteiger partial charge in [0.05, 0.1) is 34.2 Å². The highest BCUT2D eigenvalue weighted by Crippen LogP contribution is 2.42. The summed E-state index contributed by atoms with van der Waals surface area (Å²) in [4.78, 5) is 30.8. The van der Waals surface area contributed by atoms with Gasteiger partial charge >= 0.3 is 5.97 Å². The zero-order valence-electron chi connectivity index (χ0n) is 23.5. The maximum absolute atomic E-state index is 14.7. The standard InChI is InChI=1S/C32H28FN3O5S/c1-19-6-5-7-24(14-19)42(39,40)36-27-13-10-22(33)16-25(27)29-28-21(15-26(30(29)36)32(38)41-4)18-35(31(28)37)17-20-8-11-23(12-9-20)34(2)3/h5-16H,17-18H2,1-4H3. The van der Waals surface area contributed by atoms with Crippen LogP contribution in [-0.2, 0) is 27.8 Å². The van der Waals surface area contributed by atoms with E-state index in [0.717, 1.165) is 26.9 Å². The first kappa shape index (κ1) is 27.5. The number of rotatable bonds is 6. The Labute approximate surface area is 242 Å². The van der Waals surface area contributed by atoms with Crippen LogP contribution in [0.3, 0.4) is 0 Å². The fourth-order valence-corrected chi connectivity index (χ4v) is 7.30. The molecule has 0 aliphatic carbocycles. The summed E-state index contributed by atoms with van der Waals surface area (Å²) in [6.07, 6.45) is 0. The number of amides is 1. The number of halogens is 1. The number of anilines is 1. The number of hydrogen-bond acceptors (Lipinski definition) is 6. The van der Waals surface area contributed by atoms with Gasteiger partial charge in [0.25, 0.3) is 15.9 Å². The van der Waals surface area contributed by atoms with Gasteiger partial charge in [-0.05, 0) is 72.1 Å². The van der Waals surface area contributed by atoms with E-state index in [0.29, 0.717) is 12.1 Å². The van der Waals surface area contributed by atoms with Crippen molar-refractivity contribution in [3.8, 4) is 0 Å². The van der Waals surface area contributed by atoms with Crippen molar-refractivity contribution in [2.75, 3.05) is 26.1 Å². The smallest absolute Gasteiger partial charge is 0.340 e. The van der Waals surface area contributed by atoms with Gasteiger partial charge in [-0.3, -0.25) is 4.79 Å². The van der Waals surface area contributed by atoms with E-state index in [2.05, 4.69) is 0 Å². The molecule has 0 radical (unpaired) electrons. The lowest BCUT2D eigenvalue weighted by molar-refractivity contribution is 0.0602. The third-order valence-corrected chi connectivity index (χ3v) is 9.36. The molecule has 0 atom stereocenters. The van der Waals surface area contributed by atoms with E-state index >= 15 is 0 Å². The fraction of sp³-hybridized carbons (Fsp3) is 0.188. The van der Waals surface area contributed by atoms with Crippen LogP contribution >= 0.6 is 0 Å². The number of ether oxygens (including phenoxy) is 1. The number of methoxy groups -OCH3 is 1. The summed E-state index contributed by atoms with van der Waals surface area (Å²) in [6, 6.07) is 19.4. The number of nitrogens with zero attached hydrogens (tertiary/aromatic N) is 3. The Morgan fingerprint density at radius 1 is 1.02 bits per heavy atom. The van der Waals surface area contributed by atoms with E-state index in [4.69, 9.17) is 4.74 Å². The molecule has 2 heterocycles. The molecule has 0 bridgehead atoms. The van der Waals surface area contributed by atoms with Gasteiger partial charge in [-0.25, -0.2) is 21.6 Å². The molecule has 1 amide bonds. The third kappa shape index (κ3) is 4.30. The number of esters is 1. The van der Waals surface area contributed by atoms with Crippen LogP contribution in [0.5, 0.6) is 0 Å². The van der Waals surface area contributed by atoms with Crippen LogP contribution in [0, 0.1) is 12.7 Å². The predicted octanol–water partition coefficient (Wildman–Crippen LogP) is 5.49. The van der Waals surface area contributed by atoms with Crippen molar-refractivity contribution in [3.63, 3.8) is 0 Å². The predicted molar refractivity (Wildman–Crippen MR) is 159 cm³/mol. The maximum atomic E-state index is 14.7. The summed E-state index contributed by atoms with van der Waals surface area (Å²) in [5.41, 5.74) is 3.53. The average molecular weight is 586 g/mol. The lowest BCUT2D eigenvalue weighted by atomic mass is 9.98. The first-order valence-electron chi connectivity index (χ1n) is 13.3. The van der Waals surface area contributed by atoms with Crippen LogP contribution in [0.15, 0.2) is 77.7 Å². The zero-order chi connectivity index (χ0) is 29.9. The zero-order valence-corrected chi connectivity index (χ0v) is 24.3. The van der Waals surface area contributed by atoms with E-state index in [9.17, 15) is 22.4 Å². The Morgan fingerprint density at radius 2 is 1.76 bits per heavy atom. The van der Waals surface area contributed by atoms with Gasteiger partial charge in [-0.2, -0.15) is 0 Å². The summed E-state index contributed by atoms with van der Waals surface area (Å²) in [7, 11) is 0.793. The van der Waals surface area contributed by atoms with Crippen LogP contribution in [0.1, 0.15) is 37.4 Å². The molecule has 214 valence electrons. The topological polar surface area (TPSA) is 88.9 Å². The highest BCUT2D eigenvalue weighted by Gasteiger charge is 2.36. The van der Waals surface area contributed by atoms with E-state index in [1.807, 2.05) is 43.3 Å². The molecule has 10 heteroatoms. The molecule has 42 heavy (non-hydrogen) atoms. The summed E-state index contributed by atoms with van der Waals surface area (Å²) in [5, 5.41) is 0.419. The van der Waals surface area contributed by atoms with Gasteiger partial charge in [-0.1, -0.05) is 24.3 Å². The molecule has 0 unspecified atom stereocenters. The molecule has 1 aromatic heterocycles. The molecule has 1 aliphatic rings. The van der Waals surface area contributed by atoms with Crippen molar-refractivity contribution in [2.45, 2.75) is 24.9 Å². The van der Waals surface area contributed by atoms with Gasteiger partial charge in [0.1, 0.15) is 5.82 Å². The SMILES string of the molecule is COC(=O)c1cc2c(c3c4cc(F)ccc4n(S(=O)(=O)c4cccc(C)c4)c13)C(=O)N(Cc1ccc(N(C)C)cc1)C2. The summed E-state index contributed by atoms with van der Waals surface area (Å²) in [6.45, 7) is 2.26. The number of carbonyl (C=O) groups is 2. The van der Waals surface area contributed by atoms with Crippen molar-refractivity contribution in [2.24, 2.45) is 0 Å². The molecule has 6 rings (SSSR count). The minimum atomic E-state index is -4.30. The first-order valence-corrected chi connectivity index (χ1v) is 14.7. The molecule has 8 nitrogen and oxygen atoms in total. The summed E-state index contributed by atoms with van der Waals surface area (Å²) >= 11 is 0. The number of aryl methyl sites for hydroxylation is 1. The summed E-state index contributed by atoms with van der Waals surface area (Å²) < 4.78 is 49.2. The molecule has 1 aliphatic heterocycles. The Balaban J connectivity index is 1.62. The lowest BCUT2D eigenvalue weighted by Crippen LogP contribution is -2.23. The molecule has 0 N–H and O–H groups in total. The maximum Gasteiger partial charge on any atom is 0.340 e. The molecular weight excluding hydrogens is 557 g/mol. The Morgan fingerprint density at radius 3 is 2.43 bits per heavy atom. The molecule has 0 spiro atoms. The van der Waals surface area contributed by atoms with Crippen molar-refractivity contribution >= 4 is 49.4 Å². The second-order valence-corrected chi connectivity index (χ2v) is 12.4. The number of fused-ring (bicyclic) bond motifs is 5. The van der Waals surface area contributed by atoms with Crippen molar-refractivity contribution in [1.29, 1.82) is 0 Å². The molecule has 0 saturated heterocycles. The van der Waals surface area contributed by atoms with Gasteiger partial charge in [0, 0.05) is 43.6 Å². The lowest BCUT2D eigenvalue weighted by Gasteiger charge is -2.17. The van der Waals surface area contributed by atoms with Gasteiger partial charge in [-0.15, -0.1) is 0 Å². The average Bonchev–Trinajstić information content (AvgIpc) is 3.46. The van der Waals surface area contributed by atoms with Crippen LogP contribution in [-0.4, -0.2) is 50.4 Å². The number of hydrogen-bond donors (Lipinski definition) is 0. The quantitative estimate of drug-likeness (QED) is 0.245. The van der Waals surface area contributed by atoms with Crippen LogP contribution < -0.4 is 4.90 Å². The van der Waals surface area contributed by atoms with Gasteiger partial charge in [0.15, 0.2) is 0 Å². The molecule has 4 aromatic carbocycles. The molecule has 0 saturated carbocycles. The number of carbonyl (C=O) groups excluding carboxylic acids is 2. The van der Waals surface area contributed by atoms with Gasteiger partial charge < -0.3 is 14.5 Å². The Hall–Kier alpha value is -4.70. The Kier molecular flexibility index (Phi) is 6.53. The van der Waals surface area contributed by atoms with Crippen LogP contribution in [0.25, 0.3) is 21.8 Å². The highest BCUT2D eigenvalue weighted by molar-refractivity contribution is 7.90. The fourth-order valence-electron chi connectivity index (χ4n) is 5.66. The minimum absolute atomic E-state index is 0.00365. The molecule has 0 fully saturated rings. The van der Waals surface area contributed by atoms with E-state index < -0.39 is 21.8 Å². The first-order chi connectivity index (χ1) is 20.0. The van der Waals surface area contributed by atoms with E-state index in [1.165, 1.54) is 37.4 Å². The Bertz CT molecular complexity index is 2030. The largest absolute Gasteiger partial charge is 0.465 e. The van der Waals surface area contributed by atoms with Crippen molar-refractivity contribution in [3.05, 3.63) is 106 Å². The summed E-state index contributed by atoms with van der Waals surface area (Å²) in [5.74, 6) is -1.70. The van der Waals surface area contributed by atoms with Crippen LogP contribution in [0.4, 0.5) is 10.1 Å². The van der Waals surface area contributed by atoms with E-state index in [-0.39, 0.29) is 50.3 Å². The second-order valence-electron chi connectivity index (χ2n) is 10.6. The monoisotopic (exact) mass is 585 g/mol.